The van der Waals surface area contributed by atoms with Crippen molar-refractivity contribution >= 4 is 61.8 Å². The molecular formula is C30H33ClN4O5S. The fraction of sp³-hybridized carbons (Fsp3) is 0.267. The van der Waals surface area contributed by atoms with Crippen molar-refractivity contribution in [3.8, 4) is 0 Å². The van der Waals surface area contributed by atoms with Crippen LogP contribution in [0, 0.1) is 0 Å². The smallest absolute Gasteiger partial charge is 0.307 e. The molecule has 41 heavy (non-hydrogen) atoms. The number of carboxylic acid groups (broad SMARTS) is 1. The molecule has 11 heteroatoms. The minimum absolute atomic E-state index is 0.0435. The topological polar surface area (TPSA) is 119 Å². The summed E-state index contributed by atoms with van der Waals surface area (Å²) in [6, 6.07) is 19.1. The lowest BCUT2D eigenvalue weighted by atomic mass is 9.98. The van der Waals surface area contributed by atoms with E-state index in [4.69, 9.17) is 11.6 Å². The molecule has 216 valence electrons. The number of benzene rings is 3. The Kier molecular flexibility index (Phi) is 9.37. The van der Waals surface area contributed by atoms with Gasteiger partial charge in [-0.15, -0.1) is 0 Å². The lowest BCUT2D eigenvalue weighted by Gasteiger charge is -2.26. The van der Waals surface area contributed by atoms with Gasteiger partial charge in [-0.05, 0) is 74.1 Å². The fourth-order valence-electron chi connectivity index (χ4n) is 4.63. The number of hydrogen-bond donors (Lipinski definition) is 3. The van der Waals surface area contributed by atoms with Crippen LogP contribution >= 0.6 is 11.6 Å². The Morgan fingerprint density at radius 3 is 2.41 bits per heavy atom. The van der Waals surface area contributed by atoms with E-state index < -0.39 is 16.0 Å². The molecule has 0 unspecified atom stereocenters. The molecule has 3 N–H and O–H groups in total. The number of hydrogen-bond acceptors (Lipinski definition) is 6. The maximum atomic E-state index is 13.2. The highest BCUT2D eigenvalue weighted by molar-refractivity contribution is 7.92. The Morgan fingerprint density at radius 1 is 1.02 bits per heavy atom. The van der Waals surface area contributed by atoms with Crippen molar-refractivity contribution in [2.45, 2.75) is 19.8 Å². The number of carbonyl (C=O) groups excluding carboxylic acids is 1. The number of nitrogens with zero attached hydrogens (tertiary/aromatic N) is 2. The number of nitrogens with one attached hydrogen (secondary N) is 2. The van der Waals surface area contributed by atoms with Gasteiger partial charge < -0.3 is 20.6 Å². The van der Waals surface area contributed by atoms with Gasteiger partial charge in [0, 0.05) is 29.4 Å². The van der Waals surface area contributed by atoms with Crippen LogP contribution in [0.3, 0.4) is 0 Å². The van der Waals surface area contributed by atoms with Crippen molar-refractivity contribution in [2.75, 3.05) is 47.9 Å². The molecule has 1 aliphatic rings. The Labute approximate surface area is 245 Å². The highest BCUT2D eigenvalue weighted by Gasteiger charge is 2.29. The Hall–Kier alpha value is -3.86. The summed E-state index contributed by atoms with van der Waals surface area (Å²) in [4.78, 5) is 26.5. The molecule has 0 aromatic heterocycles. The highest BCUT2D eigenvalue weighted by Crippen LogP contribution is 2.39. The first-order valence-electron chi connectivity index (χ1n) is 13.2. The van der Waals surface area contributed by atoms with Crippen molar-refractivity contribution in [1.29, 1.82) is 0 Å². The molecule has 0 radical (unpaired) electrons. The normalized spacial score (nSPS) is 14.0. The van der Waals surface area contributed by atoms with Gasteiger partial charge in [0.15, 0.2) is 0 Å². The van der Waals surface area contributed by atoms with E-state index in [1.807, 2.05) is 25.9 Å². The van der Waals surface area contributed by atoms with Gasteiger partial charge in [-0.3, -0.25) is 13.9 Å². The molecule has 0 saturated carbocycles. The number of likely N-dealkylation sites (N-methyl/N-ethyl adjacent to an activating group) is 1. The number of anilines is 3. The van der Waals surface area contributed by atoms with Crippen molar-refractivity contribution in [1.82, 2.24) is 4.90 Å². The van der Waals surface area contributed by atoms with Crippen LogP contribution in [0.5, 0.6) is 0 Å². The number of halogens is 1. The van der Waals surface area contributed by atoms with E-state index in [0.29, 0.717) is 69.6 Å². The van der Waals surface area contributed by atoms with Crippen LogP contribution in [-0.4, -0.2) is 63.2 Å². The van der Waals surface area contributed by atoms with Crippen LogP contribution in [0.25, 0.3) is 11.3 Å². The maximum Gasteiger partial charge on any atom is 0.307 e. The van der Waals surface area contributed by atoms with E-state index in [1.165, 1.54) is 4.31 Å². The summed E-state index contributed by atoms with van der Waals surface area (Å²) in [6.07, 6.45) is 0.339. The van der Waals surface area contributed by atoms with E-state index >= 15 is 0 Å². The van der Waals surface area contributed by atoms with Crippen molar-refractivity contribution < 1.29 is 23.1 Å². The Bertz CT molecular complexity index is 1590. The van der Waals surface area contributed by atoms with E-state index in [-0.39, 0.29) is 18.1 Å². The minimum atomic E-state index is -3.51. The van der Waals surface area contributed by atoms with Gasteiger partial charge in [-0.25, -0.2) is 8.42 Å². The zero-order valence-electron chi connectivity index (χ0n) is 23.1. The average molecular weight is 597 g/mol. The van der Waals surface area contributed by atoms with Crippen LogP contribution in [-0.2, 0) is 26.0 Å². The van der Waals surface area contributed by atoms with Crippen LogP contribution in [0.15, 0.2) is 66.7 Å². The summed E-state index contributed by atoms with van der Waals surface area (Å²) in [5.41, 5.74) is 4.46. The summed E-state index contributed by atoms with van der Waals surface area (Å²) < 4.78 is 27.5. The summed E-state index contributed by atoms with van der Waals surface area (Å²) in [6.45, 7) is 2.71. The number of amides is 1. The van der Waals surface area contributed by atoms with Gasteiger partial charge in [-0.2, -0.15) is 0 Å². The number of rotatable bonds is 12. The quantitative estimate of drug-likeness (QED) is 0.252. The predicted octanol–water partition coefficient (Wildman–Crippen LogP) is 5.01. The second kappa shape index (κ2) is 12.8. The SMILES string of the molecule is CCCS(=O)(=O)N(CCN(C)C)c1ccc(N/C(=C2\C(=O)Nc3cc(Cl)ccc32)c2cccc(CC(=O)O)c2)cc1. The van der Waals surface area contributed by atoms with Crippen molar-refractivity contribution in [3.63, 3.8) is 0 Å². The second-order valence-electron chi connectivity index (χ2n) is 10.0. The highest BCUT2D eigenvalue weighted by atomic mass is 35.5. The van der Waals surface area contributed by atoms with Gasteiger partial charge in [0.05, 0.1) is 34.8 Å². The standard InChI is InChI=1S/C30H33ClN4O5S/c1-4-16-41(39,40)35(15-14-34(2)3)24-11-9-23(10-12-24)32-29(21-7-5-6-20(17-21)18-27(36)37)28-25-13-8-22(31)19-26(25)33-30(28)38/h5-13,17,19,32H,4,14-16,18H2,1-3H3,(H,33,38)(H,36,37)/b29-28-. The van der Waals surface area contributed by atoms with Gasteiger partial charge in [-0.1, -0.05) is 42.8 Å². The van der Waals surface area contributed by atoms with Crippen LogP contribution < -0.4 is 14.9 Å². The predicted molar refractivity (Wildman–Crippen MR) is 165 cm³/mol. The first-order chi connectivity index (χ1) is 19.5. The number of aliphatic carboxylic acids is 1. The van der Waals surface area contributed by atoms with Crippen molar-refractivity contribution in [2.24, 2.45) is 0 Å². The molecule has 1 aliphatic heterocycles. The molecular weight excluding hydrogens is 564 g/mol. The average Bonchev–Trinajstić information content (AvgIpc) is 3.22. The lowest BCUT2D eigenvalue weighted by Crippen LogP contribution is -2.38. The molecule has 0 saturated heterocycles. The summed E-state index contributed by atoms with van der Waals surface area (Å²) in [5.74, 6) is -1.25. The molecule has 4 rings (SSSR count). The molecule has 3 aromatic carbocycles. The Morgan fingerprint density at radius 2 is 1.76 bits per heavy atom. The monoisotopic (exact) mass is 596 g/mol. The summed E-state index contributed by atoms with van der Waals surface area (Å²) in [5, 5.41) is 16.0. The molecule has 9 nitrogen and oxygen atoms in total. The summed E-state index contributed by atoms with van der Waals surface area (Å²) in [7, 11) is 0.278. The largest absolute Gasteiger partial charge is 0.481 e. The van der Waals surface area contributed by atoms with Crippen molar-refractivity contribution in [3.05, 3.63) is 88.4 Å². The van der Waals surface area contributed by atoms with E-state index in [2.05, 4.69) is 10.6 Å². The molecule has 3 aromatic rings. The third kappa shape index (κ3) is 7.27. The minimum Gasteiger partial charge on any atom is -0.481 e. The van der Waals surface area contributed by atoms with Gasteiger partial charge >= 0.3 is 5.97 Å². The van der Waals surface area contributed by atoms with Gasteiger partial charge in [0.25, 0.3) is 5.91 Å². The van der Waals surface area contributed by atoms with Crippen LogP contribution in [0.4, 0.5) is 17.1 Å². The number of carbonyl (C=O) groups is 2. The maximum absolute atomic E-state index is 13.2. The van der Waals surface area contributed by atoms with Gasteiger partial charge in [0.1, 0.15) is 0 Å². The first kappa shape index (κ1) is 30.1. The zero-order valence-corrected chi connectivity index (χ0v) is 24.7. The molecule has 1 heterocycles. The summed E-state index contributed by atoms with van der Waals surface area (Å²) >= 11 is 6.16. The number of sulfonamides is 1. The molecule has 0 aliphatic carbocycles. The molecule has 0 atom stereocenters. The third-order valence-corrected chi connectivity index (χ3v) is 8.74. The Balaban J connectivity index is 1.77. The van der Waals surface area contributed by atoms with E-state index in [1.54, 1.807) is 66.7 Å². The molecule has 0 bridgehead atoms. The first-order valence-corrected chi connectivity index (χ1v) is 15.2. The zero-order chi connectivity index (χ0) is 29.7. The molecule has 0 spiro atoms. The number of carboxylic acids is 1. The number of fused-ring (bicyclic) bond motifs is 1. The fourth-order valence-corrected chi connectivity index (χ4v) is 6.34. The lowest BCUT2D eigenvalue weighted by molar-refractivity contribution is -0.136. The molecule has 1 amide bonds. The van der Waals surface area contributed by atoms with Crippen LogP contribution in [0.2, 0.25) is 5.02 Å². The van der Waals surface area contributed by atoms with Crippen LogP contribution in [0.1, 0.15) is 30.0 Å². The third-order valence-electron chi connectivity index (χ3n) is 6.52. The molecule has 0 fully saturated rings. The van der Waals surface area contributed by atoms with E-state index in [9.17, 15) is 23.1 Å². The van der Waals surface area contributed by atoms with E-state index in [0.717, 1.165) is 0 Å². The van der Waals surface area contributed by atoms with Gasteiger partial charge in [0.2, 0.25) is 10.0 Å². The second-order valence-corrected chi connectivity index (χ2v) is 12.5.